The largest absolute Gasteiger partial charge is 0.291 e. The van der Waals surface area contributed by atoms with Gasteiger partial charge in [0.1, 0.15) is 16.6 Å². The van der Waals surface area contributed by atoms with Gasteiger partial charge in [-0.2, -0.15) is 0 Å². The van der Waals surface area contributed by atoms with Gasteiger partial charge in [0.05, 0.1) is 9.82 Å². The fraction of sp³-hybridized carbons (Fsp3) is 0.0833. The Balaban J connectivity index is 2.44. The smallest absolute Gasteiger partial charge is 0.258 e. The van der Waals surface area contributed by atoms with Gasteiger partial charge in [0.15, 0.2) is 9.84 Å². The average Bonchev–Trinajstić information content (AvgIpc) is 2.39. The molecule has 0 aliphatic carbocycles. The van der Waals surface area contributed by atoms with E-state index in [-0.39, 0.29) is 21.4 Å². The molecule has 0 aliphatic rings. The predicted molar refractivity (Wildman–Crippen MR) is 73.2 cm³/mol. The second-order valence-electron chi connectivity index (χ2n) is 3.93. The summed E-state index contributed by atoms with van der Waals surface area (Å²) in [5, 5.41) is 10.9. The lowest BCUT2D eigenvalue weighted by Gasteiger charge is -2.05. The number of pyridine rings is 1. The summed E-state index contributed by atoms with van der Waals surface area (Å²) in [6.45, 7) is 0. The Morgan fingerprint density at radius 2 is 1.80 bits per heavy atom. The van der Waals surface area contributed by atoms with Gasteiger partial charge in [0.25, 0.3) is 5.69 Å². The van der Waals surface area contributed by atoms with Gasteiger partial charge in [0.2, 0.25) is 0 Å². The van der Waals surface area contributed by atoms with Crippen LogP contribution in [0.25, 0.3) is 0 Å². The summed E-state index contributed by atoms with van der Waals surface area (Å²) in [5.74, 6) is -0.576. The second-order valence-corrected chi connectivity index (χ2v) is 6.31. The average molecular weight is 313 g/mol. The Morgan fingerprint density at radius 3 is 2.40 bits per heavy atom. The van der Waals surface area contributed by atoms with E-state index in [1.165, 1.54) is 18.2 Å². The van der Waals surface area contributed by atoms with Gasteiger partial charge >= 0.3 is 0 Å². The fourth-order valence-corrected chi connectivity index (χ4v) is 3.11. The van der Waals surface area contributed by atoms with Gasteiger partial charge in [-0.25, -0.2) is 13.4 Å². The van der Waals surface area contributed by atoms with E-state index in [1.54, 1.807) is 18.2 Å². The highest BCUT2D eigenvalue weighted by Gasteiger charge is 2.23. The zero-order chi connectivity index (χ0) is 14.8. The lowest BCUT2D eigenvalue weighted by molar-refractivity contribution is -0.385. The third-order valence-electron chi connectivity index (χ3n) is 2.54. The molecule has 1 heterocycles. The fourth-order valence-electron chi connectivity index (χ4n) is 1.63. The van der Waals surface area contributed by atoms with Crippen LogP contribution in [0.15, 0.2) is 47.4 Å². The van der Waals surface area contributed by atoms with Gasteiger partial charge in [-0.3, -0.25) is 10.1 Å². The van der Waals surface area contributed by atoms with Gasteiger partial charge in [-0.1, -0.05) is 29.8 Å². The number of hydrogen-bond acceptors (Lipinski definition) is 5. The molecule has 1 aromatic carbocycles. The van der Waals surface area contributed by atoms with E-state index in [1.807, 2.05) is 0 Å². The van der Waals surface area contributed by atoms with Crippen LogP contribution in [0.5, 0.6) is 0 Å². The van der Waals surface area contributed by atoms with Crippen molar-refractivity contribution in [3.63, 3.8) is 0 Å². The van der Waals surface area contributed by atoms with Crippen LogP contribution in [0.2, 0.25) is 5.15 Å². The van der Waals surface area contributed by atoms with Crippen LogP contribution in [0, 0.1) is 10.1 Å². The zero-order valence-electron chi connectivity index (χ0n) is 10.1. The molecule has 20 heavy (non-hydrogen) atoms. The Hall–Kier alpha value is -1.99. The van der Waals surface area contributed by atoms with Crippen molar-refractivity contribution in [2.45, 2.75) is 10.6 Å². The number of rotatable bonds is 4. The Bertz CT molecular complexity index is 747. The van der Waals surface area contributed by atoms with Crippen molar-refractivity contribution in [1.29, 1.82) is 0 Å². The second kappa shape index (κ2) is 5.56. The number of benzene rings is 1. The van der Waals surface area contributed by atoms with E-state index in [0.29, 0.717) is 0 Å². The summed E-state index contributed by atoms with van der Waals surface area (Å²) in [4.78, 5) is 14.0. The van der Waals surface area contributed by atoms with Crippen molar-refractivity contribution < 1.29 is 13.3 Å². The van der Waals surface area contributed by atoms with E-state index in [0.717, 1.165) is 6.07 Å². The minimum atomic E-state index is -3.71. The minimum Gasteiger partial charge on any atom is -0.258 e. The molecule has 6 nitrogen and oxygen atoms in total. The number of sulfone groups is 1. The molecule has 8 heteroatoms. The van der Waals surface area contributed by atoms with Gasteiger partial charge in [0, 0.05) is 6.07 Å². The maximum Gasteiger partial charge on any atom is 0.291 e. The lowest BCUT2D eigenvalue weighted by Crippen LogP contribution is -2.08. The first-order valence-electron chi connectivity index (χ1n) is 5.48. The molecule has 0 spiro atoms. The van der Waals surface area contributed by atoms with Crippen molar-refractivity contribution in [3.8, 4) is 0 Å². The molecule has 0 unspecified atom stereocenters. The standard InChI is InChI=1S/C12H9ClN2O4S/c13-12-7-6-11(15(16)17)10(14-12)8-20(18,19)9-4-2-1-3-5-9/h1-7H,8H2. The van der Waals surface area contributed by atoms with Crippen LogP contribution in [-0.4, -0.2) is 18.3 Å². The molecular weight excluding hydrogens is 304 g/mol. The highest BCUT2D eigenvalue weighted by Crippen LogP contribution is 2.24. The third-order valence-corrected chi connectivity index (χ3v) is 4.40. The SMILES string of the molecule is O=[N+]([O-])c1ccc(Cl)nc1CS(=O)(=O)c1ccccc1. The molecule has 0 bridgehead atoms. The monoisotopic (exact) mass is 312 g/mol. The number of halogens is 1. The molecule has 2 aromatic rings. The molecule has 1 aromatic heterocycles. The summed E-state index contributed by atoms with van der Waals surface area (Å²) in [7, 11) is -3.71. The summed E-state index contributed by atoms with van der Waals surface area (Å²) in [5.41, 5.74) is -0.541. The van der Waals surface area contributed by atoms with Crippen molar-refractivity contribution >= 4 is 27.1 Å². The minimum absolute atomic E-state index is 0.00821. The summed E-state index contributed by atoms with van der Waals surface area (Å²) >= 11 is 5.67. The molecule has 104 valence electrons. The normalized spacial score (nSPS) is 11.2. The maximum atomic E-state index is 12.2. The summed E-state index contributed by atoms with van der Waals surface area (Å²) in [6.07, 6.45) is 0. The van der Waals surface area contributed by atoms with Crippen LogP contribution in [-0.2, 0) is 15.6 Å². The summed E-state index contributed by atoms with van der Waals surface area (Å²) < 4.78 is 24.4. The van der Waals surface area contributed by atoms with E-state index >= 15 is 0 Å². The Morgan fingerprint density at radius 1 is 1.15 bits per heavy atom. The highest BCUT2D eigenvalue weighted by atomic mass is 35.5. The van der Waals surface area contributed by atoms with Crippen LogP contribution in [0.3, 0.4) is 0 Å². The molecule has 0 saturated carbocycles. The number of nitro groups is 1. The quantitative estimate of drug-likeness (QED) is 0.491. The zero-order valence-corrected chi connectivity index (χ0v) is 11.6. The first kappa shape index (κ1) is 14.4. The van der Waals surface area contributed by atoms with Crippen LogP contribution >= 0.6 is 11.6 Å². The molecule has 0 radical (unpaired) electrons. The van der Waals surface area contributed by atoms with Crippen molar-refractivity contribution in [2.24, 2.45) is 0 Å². The van der Waals surface area contributed by atoms with Crippen molar-refractivity contribution in [1.82, 2.24) is 4.98 Å². The Labute approximate surface area is 120 Å². The number of nitrogens with zero attached hydrogens (tertiary/aromatic N) is 2. The molecule has 0 fully saturated rings. The molecule has 0 N–H and O–H groups in total. The van der Waals surface area contributed by atoms with Crippen LogP contribution in [0.4, 0.5) is 5.69 Å². The molecule has 0 saturated heterocycles. The Kier molecular flexibility index (Phi) is 4.01. The molecule has 0 atom stereocenters. The van der Waals surface area contributed by atoms with Gasteiger partial charge in [-0.05, 0) is 18.2 Å². The highest BCUT2D eigenvalue weighted by molar-refractivity contribution is 7.90. The van der Waals surface area contributed by atoms with E-state index in [2.05, 4.69) is 4.98 Å². The topological polar surface area (TPSA) is 90.2 Å². The molecule has 0 amide bonds. The third kappa shape index (κ3) is 3.12. The lowest BCUT2D eigenvalue weighted by atomic mass is 10.3. The first-order chi connectivity index (χ1) is 9.40. The summed E-state index contributed by atoms with van der Waals surface area (Å²) in [6, 6.07) is 10.1. The number of hydrogen-bond donors (Lipinski definition) is 0. The molecular formula is C12H9ClN2O4S. The number of aromatic nitrogens is 1. The molecule has 0 aliphatic heterocycles. The van der Waals surface area contributed by atoms with Crippen molar-refractivity contribution in [2.75, 3.05) is 0 Å². The van der Waals surface area contributed by atoms with Gasteiger partial charge in [-0.15, -0.1) is 0 Å². The predicted octanol–water partition coefficient (Wildman–Crippen LogP) is 2.62. The van der Waals surface area contributed by atoms with Crippen LogP contribution in [0.1, 0.15) is 5.69 Å². The maximum absolute atomic E-state index is 12.2. The van der Waals surface area contributed by atoms with Crippen LogP contribution < -0.4 is 0 Å². The van der Waals surface area contributed by atoms with Crippen molar-refractivity contribution in [3.05, 3.63) is 63.4 Å². The van der Waals surface area contributed by atoms with E-state index < -0.39 is 20.5 Å². The van der Waals surface area contributed by atoms with E-state index in [4.69, 9.17) is 11.6 Å². The first-order valence-corrected chi connectivity index (χ1v) is 7.51. The van der Waals surface area contributed by atoms with E-state index in [9.17, 15) is 18.5 Å². The molecule has 2 rings (SSSR count). The van der Waals surface area contributed by atoms with Gasteiger partial charge < -0.3 is 0 Å².